The highest BCUT2D eigenvalue weighted by Crippen LogP contribution is 2.25. The van der Waals surface area contributed by atoms with E-state index in [4.69, 9.17) is 5.73 Å². The van der Waals surface area contributed by atoms with Crippen LogP contribution in [0.5, 0.6) is 0 Å². The van der Waals surface area contributed by atoms with Crippen molar-refractivity contribution in [1.29, 1.82) is 0 Å². The summed E-state index contributed by atoms with van der Waals surface area (Å²) in [5.74, 6) is 0.606. The third-order valence-corrected chi connectivity index (χ3v) is 3.20. The molecular weight excluding hydrogens is 236 g/mol. The van der Waals surface area contributed by atoms with Gasteiger partial charge in [0, 0.05) is 30.2 Å². The van der Waals surface area contributed by atoms with Crippen LogP contribution in [0, 0.1) is 6.92 Å². The number of likely N-dealkylation sites (N-methyl/N-ethyl adjacent to an activating group) is 1. The van der Waals surface area contributed by atoms with Crippen LogP contribution in [-0.4, -0.2) is 16.5 Å². The smallest absolute Gasteiger partial charge is 0.128 e. The van der Waals surface area contributed by atoms with Gasteiger partial charge in [0.2, 0.25) is 0 Å². The van der Waals surface area contributed by atoms with Crippen LogP contribution in [0.25, 0.3) is 0 Å². The van der Waals surface area contributed by atoms with Crippen molar-refractivity contribution in [3.05, 3.63) is 53.5 Å². The minimum Gasteiger partial charge on any atom is -0.383 e. The van der Waals surface area contributed by atoms with Crippen molar-refractivity contribution in [2.75, 3.05) is 12.3 Å². The molecule has 1 unspecified atom stereocenters. The zero-order valence-electron chi connectivity index (χ0n) is 11.4. The zero-order chi connectivity index (χ0) is 13.7. The summed E-state index contributed by atoms with van der Waals surface area (Å²) in [5.41, 5.74) is 9.49. The first-order valence-electron chi connectivity index (χ1n) is 6.55. The van der Waals surface area contributed by atoms with Crippen molar-refractivity contribution in [2.45, 2.75) is 26.3 Å². The second kappa shape index (κ2) is 6.29. The van der Waals surface area contributed by atoms with Crippen LogP contribution < -0.4 is 11.1 Å². The van der Waals surface area contributed by atoms with Gasteiger partial charge in [0.25, 0.3) is 0 Å². The summed E-state index contributed by atoms with van der Waals surface area (Å²) in [6.07, 6.45) is 6.29. The molecule has 0 saturated heterocycles. The lowest BCUT2D eigenvalue weighted by Gasteiger charge is -2.21. The molecule has 0 saturated carbocycles. The second-order valence-electron chi connectivity index (χ2n) is 4.60. The van der Waals surface area contributed by atoms with Gasteiger partial charge in [-0.15, -0.1) is 0 Å². The summed E-state index contributed by atoms with van der Waals surface area (Å²) in [7, 11) is 0. The molecule has 2 heterocycles. The van der Waals surface area contributed by atoms with Crippen LogP contribution in [0.1, 0.15) is 29.7 Å². The summed E-state index contributed by atoms with van der Waals surface area (Å²) < 4.78 is 0. The van der Waals surface area contributed by atoms with Gasteiger partial charge in [-0.05, 0) is 43.1 Å². The number of hydrogen-bond donors (Lipinski definition) is 2. The highest BCUT2D eigenvalue weighted by atomic mass is 14.9. The molecule has 0 radical (unpaired) electrons. The van der Waals surface area contributed by atoms with Crippen LogP contribution in [0.4, 0.5) is 5.82 Å². The first-order chi connectivity index (χ1) is 9.22. The molecule has 0 spiro atoms. The van der Waals surface area contributed by atoms with Gasteiger partial charge < -0.3 is 11.1 Å². The van der Waals surface area contributed by atoms with E-state index in [9.17, 15) is 0 Å². The van der Waals surface area contributed by atoms with E-state index in [0.29, 0.717) is 5.82 Å². The van der Waals surface area contributed by atoms with E-state index in [2.05, 4.69) is 35.2 Å². The molecule has 19 heavy (non-hydrogen) atoms. The van der Waals surface area contributed by atoms with E-state index < -0.39 is 0 Å². The average Bonchev–Trinajstić information content (AvgIpc) is 2.40. The van der Waals surface area contributed by atoms with Crippen molar-refractivity contribution in [1.82, 2.24) is 15.3 Å². The van der Waals surface area contributed by atoms with Gasteiger partial charge in [-0.25, -0.2) is 4.98 Å². The van der Waals surface area contributed by atoms with E-state index in [-0.39, 0.29) is 6.04 Å². The van der Waals surface area contributed by atoms with Crippen molar-refractivity contribution in [3.8, 4) is 0 Å². The number of nitrogens with two attached hydrogens (primary N) is 1. The molecule has 2 aromatic rings. The molecular formula is C15H20N4. The van der Waals surface area contributed by atoms with Crippen molar-refractivity contribution in [3.63, 3.8) is 0 Å². The Morgan fingerprint density at radius 2 is 2.16 bits per heavy atom. The van der Waals surface area contributed by atoms with Gasteiger partial charge in [0.15, 0.2) is 0 Å². The molecule has 1 atom stereocenters. The molecule has 0 bridgehead atoms. The number of aryl methyl sites for hydroxylation is 1. The fraction of sp³-hybridized carbons (Fsp3) is 0.333. The van der Waals surface area contributed by atoms with Gasteiger partial charge in [-0.1, -0.05) is 13.0 Å². The molecule has 100 valence electrons. The molecule has 0 amide bonds. The minimum atomic E-state index is 0.169. The Morgan fingerprint density at radius 3 is 2.79 bits per heavy atom. The van der Waals surface area contributed by atoms with Gasteiger partial charge in [0.05, 0.1) is 0 Å². The summed E-state index contributed by atoms with van der Waals surface area (Å²) in [6.45, 7) is 5.05. The number of pyridine rings is 2. The SMILES string of the molecule is CCNC(Cc1cccnc1)c1c(C)ccnc1N. The van der Waals surface area contributed by atoms with E-state index in [1.54, 1.807) is 12.4 Å². The fourth-order valence-electron chi connectivity index (χ4n) is 2.32. The number of nitrogens with one attached hydrogen (secondary N) is 1. The first-order valence-corrected chi connectivity index (χ1v) is 6.55. The standard InChI is InChI=1S/C15H20N4/c1-3-18-13(9-12-5-4-7-17-10-12)14-11(2)6-8-19-15(14)16/h4-8,10,13,18H,3,9H2,1-2H3,(H2,16,19). The first kappa shape index (κ1) is 13.5. The van der Waals surface area contributed by atoms with E-state index >= 15 is 0 Å². The number of anilines is 1. The quantitative estimate of drug-likeness (QED) is 0.861. The lowest BCUT2D eigenvalue weighted by atomic mass is 9.96. The molecule has 0 fully saturated rings. The van der Waals surface area contributed by atoms with Crippen LogP contribution >= 0.6 is 0 Å². The van der Waals surface area contributed by atoms with Gasteiger partial charge in [-0.2, -0.15) is 0 Å². The third-order valence-electron chi connectivity index (χ3n) is 3.20. The lowest BCUT2D eigenvalue weighted by molar-refractivity contribution is 0.547. The number of rotatable bonds is 5. The van der Waals surface area contributed by atoms with E-state index in [1.807, 2.05) is 18.3 Å². The predicted molar refractivity (Wildman–Crippen MR) is 77.7 cm³/mol. The molecule has 2 aromatic heterocycles. The zero-order valence-corrected chi connectivity index (χ0v) is 11.4. The molecule has 0 aromatic carbocycles. The Bertz CT molecular complexity index is 505. The topological polar surface area (TPSA) is 63.8 Å². The summed E-state index contributed by atoms with van der Waals surface area (Å²) in [4.78, 5) is 8.37. The summed E-state index contributed by atoms with van der Waals surface area (Å²) in [6, 6.07) is 6.21. The van der Waals surface area contributed by atoms with Crippen molar-refractivity contribution in [2.24, 2.45) is 0 Å². The largest absolute Gasteiger partial charge is 0.383 e. The van der Waals surface area contributed by atoms with Crippen LogP contribution in [-0.2, 0) is 6.42 Å². The van der Waals surface area contributed by atoms with Crippen molar-refractivity contribution < 1.29 is 0 Å². The van der Waals surface area contributed by atoms with Crippen LogP contribution in [0.3, 0.4) is 0 Å². The fourth-order valence-corrected chi connectivity index (χ4v) is 2.32. The number of nitrogen functional groups attached to an aromatic ring is 1. The molecule has 4 nitrogen and oxygen atoms in total. The molecule has 0 aliphatic heterocycles. The highest BCUT2D eigenvalue weighted by Gasteiger charge is 2.17. The Hall–Kier alpha value is -1.94. The average molecular weight is 256 g/mol. The Morgan fingerprint density at radius 1 is 1.32 bits per heavy atom. The maximum atomic E-state index is 6.04. The van der Waals surface area contributed by atoms with E-state index in [0.717, 1.165) is 18.5 Å². The number of nitrogens with zero attached hydrogens (tertiary/aromatic N) is 2. The van der Waals surface area contributed by atoms with Gasteiger partial charge in [-0.3, -0.25) is 4.98 Å². The van der Waals surface area contributed by atoms with Crippen molar-refractivity contribution >= 4 is 5.82 Å². The Labute approximate surface area is 114 Å². The highest BCUT2D eigenvalue weighted by molar-refractivity contribution is 5.46. The molecule has 2 rings (SSSR count). The summed E-state index contributed by atoms with van der Waals surface area (Å²) >= 11 is 0. The van der Waals surface area contributed by atoms with Gasteiger partial charge in [0.1, 0.15) is 5.82 Å². The van der Waals surface area contributed by atoms with Gasteiger partial charge >= 0.3 is 0 Å². The van der Waals surface area contributed by atoms with E-state index in [1.165, 1.54) is 11.1 Å². The normalized spacial score (nSPS) is 12.3. The van der Waals surface area contributed by atoms with Crippen LogP contribution in [0.2, 0.25) is 0 Å². The van der Waals surface area contributed by atoms with Crippen LogP contribution in [0.15, 0.2) is 36.8 Å². The molecule has 3 N–H and O–H groups in total. The molecule has 0 aliphatic rings. The monoisotopic (exact) mass is 256 g/mol. The number of aromatic nitrogens is 2. The Kier molecular flexibility index (Phi) is 4.47. The minimum absolute atomic E-state index is 0.169. The second-order valence-corrected chi connectivity index (χ2v) is 4.60. The molecule has 4 heteroatoms. The maximum absolute atomic E-state index is 6.04. The maximum Gasteiger partial charge on any atom is 0.128 e. The number of hydrogen-bond acceptors (Lipinski definition) is 4. The lowest BCUT2D eigenvalue weighted by Crippen LogP contribution is -2.25. The predicted octanol–water partition coefficient (Wildman–Crippen LogP) is 2.26. The Balaban J connectivity index is 2.30. The summed E-state index contributed by atoms with van der Waals surface area (Å²) in [5, 5.41) is 3.48. The molecule has 0 aliphatic carbocycles. The third kappa shape index (κ3) is 3.29.